The van der Waals surface area contributed by atoms with Crippen LogP contribution < -0.4 is 10.6 Å². The largest absolute Gasteiger partial charge is 0.391 e. The van der Waals surface area contributed by atoms with Gasteiger partial charge >= 0.3 is 0 Å². The number of hydrogen-bond donors (Lipinski definition) is 2. The summed E-state index contributed by atoms with van der Waals surface area (Å²) in [4.78, 5) is 13.2. The Morgan fingerprint density at radius 3 is 2.54 bits per heavy atom. The molecule has 2 saturated heterocycles. The van der Waals surface area contributed by atoms with Crippen molar-refractivity contribution in [3.05, 3.63) is 35.6 Å². The molecule has 1 unspecified atom stereocenters. The third-order valence-corrected chi connectivity index (χ3v) is 5.20. The number of likely N-dealkylation sites (N-methyl/N-ethyl adjacent to an activating group) is 1. The minimum absolute atomic E-state index is 0.186. The molecule has 7 nitrogen and oxygen atoms in total. The number of nitrogens with zero attached hydrogens (tertiary/aromatic N) is 4. The maximum Gasteiger partial charge on any atom is 0.128 e. The molecule has 2 aliphatic rings. The summed E-state index contributed by atoms with van der Waals surface area (Å²) in [5.41, 5.74) is 7.54. The Labute approximate surface area is 171 Å². The molecule has 1 atom stereocenters. The molecule has 0 amide bonds. The van der Waals surface area contributed by atoms with Gasteiger partial charge in [0.15, 0.2) is 0 Å². The molecule has 0 aliphatic carbocycles. The number of nitrogen functional groups attached to an aromatic ring is 1. The van der Waals surface area contributed by atoms with E-state index in [9.17, 15) is 0 Å². The topological polar surface area (TPSA) is 87.7 Å². The van der Waals surface area contributed by atoms with E-state index in [1.807, 2.05) is 18.3 Å². The number of halogens is 1. The van der Waals surface area contributed by atoms with Gasteiger partial charge in [0.1, 0.15) is 11.6 Å². The predicted octanol–water partition coefficient (Wildman–Crippen LogP) is 2.29. The SMILES string of the molecule is CN1CCN(c2ccc(-c3cc(N)ncc3Cl)cn2)CC1.OC1CCCOC1. The Bertz CT molecular complexity index is 745. The summed E-state index contributed by atoms with van der Waals surface area (Å²) in [6.07, 6.45) is 5.16. The van der Waals surface area contributed by atoms with E-state index >= 15 is 0 Å². The molecule has 152 valence electrons. The summed E-state index contributed by atoms with van der Waals surface area (Å²) in [6.45, 7) is 5.51. The molecule has 0 spiro atoms. The lowest BCUT2D eigenvalue weighted by atomic mass is 10.1. The highest BCUT2D eigenvalue weighted by atomic mass is 35.5. The number of rotatable bonds is 2. The Hall–Kier alpha value is -1.93. The lowest BCUT2D eigenvalue weighted by Gasteiger charge is -2.33. The zero-order chi connectivity index (χ0) is 19.9. The molecule has 4 heterocycles. The van der Waals surface area contributed by atoms with E-state index < -0.39 is 0 Å². The molecule has 3 N–H and O–H groups in total. The Kier molecular flexibility index (Phi) is 7.44. The minimum atomic E-state index is -0.186. The fraction of sp³-hybridized carbons (Fsp3) is 0.500. The van der Waals surface area contributed by atoms with Crippen LogP contribution in [-0.4, -0.2) is 72.5 Å². The average molecular weight is 406 g/mol. The average Bonchev–Trinajstić information content (AvgIpc) is 2.72. The maximum atomic E-state index is 8.78. The highest BCUT2D eigenvalue weighted by Gasteiger charge is 2.15. The third kappa shape index (κ3) is 5.78. The molecule has 2 aromatic heterocycles. The first-order chi connectivity index (χ1) is 13.5. The van der Waals surface area contributed by atoms with Gasteiger partial charge in [-0.1, -0.05) is 11.6 Å². The fourth-order valence-electron chi connectivity index (χ4n) is 3.17. The van der Waals surface area contributed by atoms with Gasteiger partial charge in [-0.3, -0.25) is 0 Å². The smallest absolute Gasteiger partial charge is 0.128 e. The van der Waals surface area contributed by atoms with Crippen molar-refractivity contribution in [1.82, 2.24) is 14.9 Å². The predicted molar refractivity (Wildman–Crippen MR) is 113 cm³/mol. The Morgan fingerprint density at radius 1 is 1.18 bits per heavy atom. The van der Waals surface area contributed by atoms with Gasteiger partial charge in [0.2, 0.25) is 0 Å². The maximum absolute atomic E-state index is 8.78. The molecule has 8 heteroatoms. The number of ether oxygens (including phenoxy) is 1. The van der Waals surface area contributed by atoms with E-state index in [0.717, 1.165) is 62.6 Å². The highest BCUT2D eigenvalue weighted by Crippen LogP contribution is 2.29. The molecule has 2 aromatic rings. The van der Waals surface area contributed by atoms with E-state index in [1.54, 1.807) is 12.3 Å². The van der Waals surface area contributed by atoms with Crippen molar-refractivity contribution in [3.8, 4) is 11.1 Å². The van der Waals surface area contributed by atoms with E-state index in [1.165, 1.54) is 0 Å². The van der Waals surface area contributed by atoms with E-state index in [2.05, 4.69) is 26.8 Å². The normalized spacial score (nSPS) is 20.4. The van der Waals surface area contributed by atoms with Crippen LogP contribution in [0.5, 0.6) is 0 Å². The van der Waals surface area contributed by atoms with Gasteiger partial charge in [-0.15, -0.1) is 0 Å². The summed E-state index contributed by atoms with van der Waals surface area (Å²) in [7, 11) is 2.14. The van der Waals surface area contributed by atoms with Gasteiger partial charge in [-0.2, -0.15) is 0 Å². The Balaban J connectivity index is 0.000000271. The zero-order valence-electron chi connectivity index (χ0n) is 16.2. The highest BCUT2D eigenvalue weighted by molar-refractivity contribution is 6.33. The molecular formula is C20H28ClN5O2. The van der Waals surface area contributed by atoms with Crippen molar-refractivity contribution in [2.75, 3.05) is 57.1 Å². The van der Waals surface area contributed by atoms with Crippen molar-refractivity contribution >= 4 is 23.2 Å². The second-order valence-corrected chi connectivity index (χ2v) is 7.56. The van der Waals surface area contributed by atoms with Crippen LogP contribution in [0.15, 0.2) is 30.6 Å². The minimum Gasteiger partial charge on any atom is -0.391 e. The van der Waals surface area contributed by atoms with Crippen LogP contribution in [0.4, 0.5) is 11.6 Å². The van der Waals surface area contributed by atoms with E-state index in [4.69, 9.17) is 27.2 Å². The molecule has 0 bridgehead atoms. The number of aliphatic hydroxyl groups excluding tert-OH is 1. The van der Waals surface area contributed by atoms with Crippen LogP contribution in [0.3, 0.4) is 0 Å². The number of anilines is 2. The van der Waals surface area contributed by atoms with Gasteiger partial charge < -0.3 is 25.4 Å². The number of aromatic nitrogens is 2. The lowest BCUT2D eigenvalue weighted by molar-refractivity contribution is -0.00535. The number of piperazine rings is 1. The van der Waals surface area contributed by atoms with Crippen molar-refractivity contribution in [1.29, 1.82) is 0 Å². The van der Waals surface area contributed by atoms with Crippen molar-refractivity contribution in [2.24, 2.45) is 0 Å². The molecule has 2 aliphatic heterocycles. The third-order valence-electron chi connectivity index (χ3n) is 4.90. The van der Waals surface area contributed by atoms with Crippen molar-refractivity contribution in [3.63, 3.8) is 0 Å². The molecule has 0 radical (unpaired) electrons. The first kappa shape index (κ1) is 20.8. The van der Waals surface area contributed by atoms with Crippen LogP contribution in [-0.2, 0) is 4.74 Å². The first-order valence-corrected chi connectivity index (χ1v) is 9.97. The second-order valence-electron chi connectivity index (χ2n) is 7.16. The molecular weight excluding hydrogens is 378 g/mol. The van der Waals surface area contributed by atoms with Gasteiger partial charge in [0.25, 0.3) is 0 Å². The summed E-state index contributed by atoms with van der Waals surface area (Å²) < 4.78 is 4.93. The summed E-state index contributed by atoms with van der Waals surface area (Å²) in [6, 6.07) is 5.84. The van der Waals surface area contributed by atoms with E-state index in [0.29, 0.717) is 17.4 Å². The zero-order valence-corrected chi connectivity index (χ0v) is 17.0. The van der Waals surface area contributed by atoms with Crippen LogP contribution in [0.25, 0.3) is 11.1 Å². The first-order valence-electron chi connectivity index (χ1n) is 9.59. The van der Waals surface area contributed by atoms with Crippen LogP contribution in [0.2, 0.25) is 5.02 Å². The number of nitrogens with two attached hydrogens (primary N) is 1. The second kappa shape index (κ2) is 10.0. The van der Waals surface area contributed by atoms with Crippen LogP contribution >= 0.6 is 11.6 Å². The van der Waals surface area contributed by atoms with Crippen LogP contribution in [0.1, 0.15) is 12.8 Å². The summed E-state index contributed by atoms with van der Waals surface area (Å²) in [5, 5.41) is 9.37. The molecule has 0 aromatic carbocycles. The quantitative estimate of drug-likeness (QED) is 0.792. The standard InChI is InChI=1S/C15H18ClN5.C5H10O2/c1-20-4-6-21(7-5-20)15-3-2-11(9-19-15)12-8-14(17)18-10-13(12)16;6-5-2-1-3-7-4-5/h2-3,8-10H,4-7H2,1H3,(H2,17,18);5-6H,1-4H2. The fourth-order valence-corrected chi connectivity index (χ4v) is 3.38. The molecule has 28 heavy (non-hydrogen) atoms. The monoisotopic (exact) mass is 405 g/mol. The molecule has 0 saturated carbocycles. The van der Waals surface area contributed by atoms with Crippen LogP contribution in [0, 0.1) is 0 Å². The number of aliphatic hydroxyl groups is 1. The van der Waals surface area contributed by atoms with Gasteiger partial charge in [0.05, 0.1) is 17.7 Å². The Morgan fingerprint density at radius 2 is 1.96 bits per heavy atom. The van der Waals surface area contributed by atoms with Crippen molar-refractivity contribution < 1.29 is 9.84 Å². The summed E-state index contributed by atoms with van der Waals surface area (Å²) >= 11 is 6.17. The molecule has 2 fully saturated rings. The lowest BCUT2D eigenvalue weighted by Crippen LogP contribution is -2.44. The van der Waals surface area contributed by atoms with E-state index in [-0.39, 0.29) is 6.10 Å². The van der Waals surface area contributed by atoms with Gasteiger partial charge in [-0.25, -0.2) is 9.97 Å². The van der Waals surface area contributed by atoms with Gasteiger partial charge in [0, 0.05) is 56.3 Å². The summed E-state index contributed by atoms with van der Waals surface area (Å²) in [5.74, 6) is 1.46. The number of pyridine rings is 2. The molecule has 4 rings (SSSR count). The van der Waals surface area contributed by atoms with Gasteiger partial charge in [-0.05, 0) is 38.1 Å². The number of hydrogen-bond acceptors (Lipinski definition) is 7. The van der Waals surface area contributed by atoms with Crippen molar-refractivity contribution in [2.45, 2.75) is 18.9 Å².